The Kier molecular flexibility index (Phi) is 6.60. The fourth-order valence-corrected chi connectivity index (χ4v) is 4.96. The van der Waals surface area contributed by atoms with Crippen LogP contribution in [0.15, 0.2) is 73.7 Å². The summed E-state index contributed by atoms with van der Waals surface area (Å²) in [6.07, 6.45) is 12.8. The van der Waals surface area contributed by atoms with Gasteiger partial charge in [0.2, 0.25) is 5.95 Å². The maximum atomic E-state index is 13.3. The number of hydrogen-bond donors (Lipinski definition) is 2. The molecule has 0 saturated heterocycles. The molecule has 5 heterocycles. The Balaban J connectivity index is 1.19. The van der Waals surface area contributed by atoms with E-state index in [-0.39, 0.29) is 5.82 Å². The lowest BCUT2D eigenvalue weighted by atomic mass is 9.90. The number of benzene rings is 1. The molecule has 204 valence electrons. The summed E-state index contributed by atoms with van der Waals surface area (Å²) >= 11 is 0. The molecule has 0 spiro atoms. The molecule has 1 aliphatic rings. The van der Waals surface area contributed by atoms with Crippen molar-refractivity contribution in [3.05, 3.63) is 96.4 Å². The first-order valence-corrected chi connectivity index (χ1v) is 13.1. The lowest BCUT2D eigenvalue weighted by Gasteiger charge is -2.28. The first-order chi connectivity index (χ1) is 19.3. The summed E-state index contributed by atoms with van der Waals surface area (Å²) in [5.41, 5.74) is 4.57. The van der Waals surface area contributed by atoms with Crippen molar-refractivity contribution in [1.82, 2.24) is 34.3 Å². The summed E-state index contributed by atoms with van der Waals surface area (Å²) in [5.74, 6) is 0.214. The zero-order chi connectivity index (χ0) is 27.9. The van der Waals surface area contributed by atoms with E-state index >= 15 is 0 Å². The third-order valence-corrected chi connectivity index (χ3v) is 7.23. The van der Waals surface area contributed by atoms with Crippen molar-refractivity contribution < 1.29 is 14.6 Å². The summed E-state index contributed by atoms with van der Waals surface area (Å²) in [6, 6.07) is 7.82. The number of rotatable bonds is 7. The maximum absolute atomic E-state index is 13.3. The van der Waals surface area contributed by atoms with Gasteiger partial charge in [-0.05, 0) is 49.6 Å². The molecule has 0 amide bonds. The molecule has 1 aliphatic heterocycles. The van der Waals surface area contributed by atoms with E-state index in [4.69, 9.17) is 0 Å². The van der Waals surface area contributed by atoms with Crippen LogP contribution in [0.2, 0.25) is 0 Å². The van der Waals surface area contributed by atoms with Crippen LogP contribution in [0.5, 0.6) is 0 Å². The normalized spacial score (nSPS) is 16.1. The van der Waals surface area contributed by atoms with Gasteiger partial charge in [-0.25, -0.2) is 23.9 Å². The Morgan fingerprint density at radius 3 is 2.48 bits per heavy atom. The second kappa shape index (κ2) is 10.2. The van der Waals surface area contributed by atoms with E-state index in [1.807, 2.05) is 16.9 Å². The number of halogens is 1. The Hall–Kier alpha value is -4.48. The molecule has 0 aliphatic carbocycles. The smallest absolute Gasteiger partial charge is 0.225 e. The zero-order valence-electron chi connectivity index (χ0n) is 22.2. The highest BCUT2D eigenvalue weighted by molar-refractivity contribution is 5.80. The number of aromatic nitrogens is 7. The summed E-state index contributed by atoms with van der Waals surface area (Å²) in [4.78, 5) is 15.7. The van der Waals surface area contributed by atoms with Crippen molar-refractivity contribution in [1.29, 1.82) is 0 Å². The van der Waals surface area contributed by atoms with Crippen LogP contribution in [0, 0.1) is 5.82 Å². The Morgan fingerprint density at radius 2 is 1.77 bits per heavy atom. The van der Waals surface area contributed by atoms with Crippen molar-refractivity contribution in [3.8, 4) is 11.1 Å². The van der Waals surface area contributed by atoms with Crippen LogP contribution in [-0.4, -0.2) is 63.8 Å². The fraction of sp³-hybridized carbons (Fsp3) is 0.276. The zero-order valence-corrected chi connectivity index (χ0v) is 22.2. The predicted octanol–water partition coefficient (Wildman–Crippen LogP) is 3.45. The second-order valence-corrected chi connectivity index (χ2v) is 10.2. The first-order valence-electron chi connectivity index (χ1n) is 13.1. The third kappa shape index (κ3) is 4.96. The predicted molar refractivity (Wildman–Crippen MR) is 148 cm³/mol. The highest BCUT2D eigenvalue weighted by atomic mass is 19.1. The van der Waals surface area contributed by atoms with Gasteiger partial charge in [0.1, 0.15) is 17.7 Å². The number of hydrogen-bond acceptors (Lipinski definition) is 8. The van der Waals surface area contributed by atoms with Crippen molar-refractivity contribution in [2.24, 2.45) is 0 Å². The van der Waals surface area contributed by atoms with Gasteiger partial charge in [-0.3, -0.25) is 4.68 Å². The molecule has 0 radical (unpaired) electrons. The number of anilines is 1. The van der Waals surface area contributed by atoms with Gasteiger partial charge in [0.05, 0.1) is 30.1 Å². The van der Waals surface area contributed by atoms with Crippen LogP contribution in [0.3, 0.4) is 0 Å². The van der Waals surface area contributed by atoms with Gasteiger partial charge >= 0.3 is 0 Å². The molecule has 0 bridgehead atoms. The molecule has 2 atom stereocenters. The van der Waals surface area contributed by atoms with Gasteiger partial charge in [-0.1, -0.05) is 18.2 Å². The molecule has 0 saturated carbocycles. The number of nitrogens with zero attached hydrogens (tertiary/aromatic N) is 8. The Labute approximate surface area is 230 Å². The molecule has 40 heavy (non-hydrogen) atoms. The monoisotopic (exact) mass is 540 g/mol. The van der Waals surface area contributed by atoms with E-state index in [2.05, 4.69) is 42.2 Å². The molecule has 10 nitrogen and oxygen atoms in total. The van der Waals surface area contributed by atoms with E-state index in [1.165, 1.54) is 12.1 Å². The topological polar surface area (TPSA) is 117 Å². The quantitative estimate of drug-likeness (QED) is 0.322. The average Bonchev–Trinajstić information content (AvgIpc) is 3.60. The van der Waals surface area contributed by atoms with Gasteiger partial charge in [0.25, 0.3) is 0 Å². The Morgan fingerprint density at radius 1 is 1.00 bits per heavy atom. The van der Waals surface area contributed by atoms with Crippen LogP contribution in [0.4, 0.5) is 10.3 Å². The van der Waals surface area contributed by atoms with Crippen LogP contribution in [0.25, 0.3) is 22.2 Å². The molecular formula is C29H29FN8O2. The molecule has 0 fully saturated rings. The SMILES string of the molecule is C[C@H](O)Cn1cc(-c2cc3c(C4=CCN(c5ncc([C@@](C)(O)c6ccc(F)cc6)cn5)CC4)ncnn3c2)cn1. The molecule has 0 unspecified atom stereocenters. The van der Waals surface area contributed by atoms with Gasteiger partial charge in [-0.2, -0.15) is 10.2 Å². The van der Waals surface area contributed by atoms with Gasteiger partial charge < -0.3 is 15.1 Å². The fourth-order valence-electron chi connectivity index (χ4n) is 4.96. The van der Waals surface area contributed by atoms with Crippen LogP contribution in [-0.2, 0) is 12.1 Å². The maximum Gasteiger partial charge on any atom is 0.225 e. The third-order valence-electron chi connectivity index (χ3n) is 7.23. The molecular weight excluding hydrogens is 511 g/mol. The summed E-state index contributed by atoms with van der Waals surface area (Å²) in [6.45, 7) is 5.12. The van der Waals surface area contributed by atoms with Crippen LogP contribution < -0.4 is 4.90 Å². The summed E-state index contributed by atoms with van der Waals surface area (Å²) < 4.78 is 16.9. The Bertz CT molecular complexity index is 1670. The summed E-state index contributed by atoms with van der Waals surface area (Å²) in [7, 11) is 0. The van der Waals surface area contributed by atoms with Gasteiger partial charge in [-0.15, -0.1) is 0 Å². The van der Waals surface area contributed by atoms with E-state index in [0.717, 1.165) is 34.3 Å². The van der Waals surface area contributed by atoms with Crippen LogP contribution >= 0.6 is 0 Å². The minimum atomic E-state index is -1.34. The van der Waals surface area contributed by atoms with E-state index in [1.54, 1.807) is 55.6 Å². The van der Waals surface area contributed by atoms with Gasteiger partial charge in [0, 0.05) is 54.6 Å². The average molecular weight is 541 g/mol. The lowest BCUT2D eigenvalue weighted by Crippen LogP contribution is -2.30. The van der Waals surface area contributed by atoms with Crippen molar-refractivity contribution in [2.75, 3.05) is 18.0 Å². The van der Waals surface area contributed by atoms with E-state index in [9.17, 15) is 14.6 Å². The number of aliphatic hydroxyl groups is 2. The molecule has 11 heteroatoms. The molecule has 6 rings (SSSR count). The molecule has 2 N–H and O–H groups in total. The molecule has 1 aromatic carbocycles. The molecule has 4 aromatic heterocycles. The van der Waals surface area contributed by atoms with E-state index in [0.29, 0.717) is 36.7 Å². The van der Waals surface area contributed by atoms with Crippen molar-refractivity contribution >= 4 is 17.0 Å². The standard InChI is InChI=1S/C29H29FN8O2/c1-19(39)15-37-16-22(12-34-37)21-11-26-27(33-18-35-38(26)17-21)20-7-9-36(10-8-20)28-31-13-24(14-32-28)29(2,40)23-3-5-25(30)6-4-23/h3-7,11-14,16-19,39-40H,8-10,15H2,1-2H3/t19-,29-/m0/s1. The molecule has 5 aromatic rings. The number of aliphatic hydroxyl groups excluding tert-OH is 1. The first kappa shape index (κ1) is 25.8. The largest absolute Gasteiger partial charge is 0.391 e. The second-order valence-electron chi connectivity index (χ2n) is 10.2. The van der Waals surface area contributed by atoms with Gasteiger partial charge in [0.15, 0.2) is 0 Å². The van der Waals surface area contributed by atoms with E-state index < -0.39 is 11.7 Å². The van der Waals surface area contributed by atoms with Crippen molar-refractivity contribution in [3.63, 3.8) is 0 Å². The summed E-state index contributed by atoms with van der Waals surface area (Å²) in [5, 5.41) is 29.4. The lowest BCUT2D eigenvalue weighted by molar-refractivity contribution is 0.101. The minimum absolute atomic E-state index is 0.357. The number of fused-ring (bicyclic) bond motifs is 1. The van der Waals surface area contributed by atoms with Crippen LogP contribution in [0.1, 0.15) is 37.1 Å². The minimum Gasteiger partial charge on any atom is -0.391 e. The highest BCUT2D eigenvalue weighted by Crippen LogP contribution is 2.31. The highest BCUT2D eigenvalue weighted by Gasteiger charge is 2.27. The van der Waals surface area contributed by atoms with Crippen molar-refractivity contribution in [2.45, 2.75) is 38.5 Å².